The van der Waals surface area contributed by atoms with E-state index in [4.69, 9.17) is 4.74 Å². The van der Waals surface area contributed by atoms with Crippen LogP contribution < -0.4 is 9.64 Å². The summed E-state index contributed by atoms with van der Waals surface area (Å²) in [7, 11) is 1.61. The van der Waals surface area contributed by atoms with E-state index >= 15 is 0 Å². The molecule has 1 heterocycles. The lowest BCUT2D eigenvalue weighted by molar-refractivity contribution is 0.0958. The number of carbonyl (C=O) groups excluding carboxylic acids is 1. The van der Waals surface area contributed by atoms with Crippen molar-refractivity contribution in [1.82, 2.24) is 4.90 Å². The number of ether oxygens (including phenoxy) is 1. The van der Waals surface area contributed by atoms with Gasteiger partial charge in [0.15, 0.2) is 0 Å². The molecule has 1 aliphatic rings. The van der Waals surface area contributed by atoms with Crippen molar-refractivity contribution in [2.45, 2.75) is 25.4 Å². The van der Waals surface area contributed by atoms with Gasteiger partial charge in [-0.25, -0.2) is 8.78 Å². The summed E-state index contributed by atoms with van der Waals surface area (Å²) in [6.07, 6.45) is 1.51. The third-order valence-corrected chi connectivity index (χ3v) is 5.92. The Morgan fingerprint density at radius 1 is 1.00 bits per heavy atom. The number of halogens is 2. The second-order valence-corrected chi connectivity index (χ2v) is 7.98. The highest BCUT2D eigenvalue weighted by Crippen LogP contribution is 2.28. The van der Waals surface area contributed by atoms with Crippen LogP contribution in [0.4, 0.5) is 14.5 Å². The monoisotopic (exact) mass is 436 g/mol. The first-order chi connectivity index (χ1) is 15.5. The molecule has 4 rings (SSSR count). The van der Waals surface area contributed by atoms with Crippen LogP contribution in [0.2, 0.25) is 0 Å². The molecule has 3 aromatic rings. The fourth-order valence-corrected chi connectivity index (χ4v) is 4.18. The Hall–Kier alpha value is -3.25. The molecule has 4 nitrogen and oxygen atoms in total. The molecule has 0 aliphatic carbocycles. The normalized spacial score (nSPS) is 14.8. The van der Waals surface area contributed by atoms with Crippen LogP contribution in [-0.2, 0) is 6.54 Å². The molecule has 0 saturated carbocycles. The number of amides is 1. The Bertz CT molecular complexity index is 1050. The number of carbonyl (C=O) groups is 1. The first-order valence-corrected chi connectivity index (χ1v) is 10.7. The molecule has 0 aromatic heterocycles. The molecule has 6 heteroatoms. The van der Waals surface area contributed by atoms with Crippen LogP contribution in [0.25, 0.3) is 0 Å². The molecule has 0 spiro atoms. The fourth-order valence-electron chi connectivity index (χ4n) is 4.18. The molecule has 0 radical (unpaired) electrons. The summed E-state index contributed by atoms with van der Waals surface area (Å²) in [4.78, 5) is 17.5. The van der Waals surface area contributed by atoms with Gasteiger partial charge in [-0.3, -0.25) is 9.69 Å². The third kappa shape index (κ3) is 4.97. The molecular formula is C26H26F2N2O2. The predicted octanol–water partition coefficient (Wildman–Crippen LogP) is 5.28. The number of anilines is 1. The number of rotatable bonds is 6. The topological polar surface area (TPSA) is 32.8 Å². The van der Waals surface area contributed by atoms with Crippen molar-refractivity contribution in [3.63, 3.8) is 0 Å². The van der Waals surface area contributed by atoms with Gasteiger partial charge in [-0.05, 0) is 55.3 Å². The number of methoxy groups -OCH3 is 1. The average Bonchev–Trinajstić information content (AvgIpc) is 2.83. The maximum Gasteiger partial charge on any atom is 0.258 e. The lowest BCUT2D eigenvalue weighted by atomic mass is 10.00. The Balaban J connectivity index is 1.51. The van der Waals surface area contributed by atoms with Crippen LogP contribution in [0.1, 0.15) is 28.8 Å². The Kier molecular flexibility index (Phi) is 6.81. The number of benzene rings is 3. The number of hydrogen-bond acceptors (Lipinski definition) is 3. The summed E-state index contributed by atoms with van der Waals surface area (Å²) < 4.78 is 32.5. The van der Waals surface area contributed by atoms with Crippen LogP contribution in [0.5, 0.6) is 5.75 Å². The minimum Gasteiger partial charge on any atom is -0.497 e. The van der Waals surface area contributed by atoms with Crippen LogP contribution >= 0.6 is 0 Å². The summed E-state index contributed by atoms with van der Waals surface area (Å²) in [5.41, 5.74) is 1.94. The molecular weight excluding hydrogens is 410 g/mol. The Labute approximate surface area is 187 Å². The molecule has 0 atom stereocenters. The highest BCUT2D eigenvalue weighted by Gasteiger charge is 2.30. The molecule has 32 heavy (non-hydrogen) atoms. The van der Waals surface area contributed by atoms with Gasteiger partial charge in [0.05, 0.1) is 7.11 Å². The van der Waals surface area contributed by atoms with E-state index in [1.165, 1.54) is 12.1 Å². The van der Waals surface area contributed by atoms with E-state index in [1.807, 2.05) is 59.5 Å². The number of hydrogen-bond donors (Lipinski definition) is 0. The lowest BCUT2D eigenvalue weighted by Crippen LogP contribution is -2.47. The Morgan fingerprint density at radius 2 is 1.69 bits per heavy atom. The lowest BCUT2D eigenvalue weighted by Gasteiger charge is -2.38. The van der Waals surface area contributed by atoms with E-state index < -0.39 is 11.6 Å². The molecule has 1 saturated heterocycles. The van der Waals surface area contributed by atoms with Crippen LogP contribution in [0.3, 0.4) is 0 Å². The van der Waals surface area contributed by atoms with E-state index in [1.54, 1.807) is 7.11 Å². The molecule has 1 aliphatic heterocycles. The molecule has 1 amide bonds. The van der Waals surface area contributed by atoms with Crippen LogP contribution in [-0.4, -0.2) is 37.0 Å². The molecule has 3 aromatic carbocycles. The number of piperidine rings is 1. The van der Waals surface area contributed by atoms with E-state index in [9.17, 15) is 13.6 Å². The van der Waals surface area contributed by atoms with Gasteiger partial charge in [0.25, 0.3) is 5.91 Å². The highest BCUT2D eigenvalue weighted by molar-refractivity contribution is 6.06. The van der Waals surface area contributed by atoms with Crippen molar-refractivity contribution in [3.05, 3.63) is 95.6 Å². The second-order valence-electron chi connectivity index (χ2n) is 7.98. The van der Waals surface area contributed by atoms with E-state index in [-0.39, 0.29) is 11.9 Å². The fraction of sp³-hybridized carbons (Fsp3) is 0.269. The summed E-state index contributed by atoms with van der Waals surface area (Å²) in [6, 6.07) is 20.5. The Morgan fingerprint density at radius 3 is 2.31 bits per heavy atom. The summed E-state index contributed by atoms with van der Waals surface area (Å²) in [6.45, 7) is 1.86. The smallest absolute Gasteiger partial charge is 0.258 e. The van der Waals surface area contributed by atoms with Crippen molar-refractivity contribution < 1.29 is 18.3 Å². The third-order valence-electron chi connectivity index (χ3n) is 5.92. The minimum absolute atomic E-state index is 0.0189. The van der Waals surface area contributed by atoms with Gasteiger partial charge < -0.3 is 9.64 Å². The van der Waals surface area contributed by atoms with Gasteiger partial charge in [-0.1, -0.05) is 24.3 Å². The van der Waals surface area contributed by atoms with Gasteiger partial charge in [-0.15, -0.1) is 0 Å². The second kappa shape index (κ2) is 9.92. The zero-order chi connectivity index (χ0) is 22.5. The molecule has 1 fully saturated rings. The maximum atomic E-state index is 14.1. The van der Waals surface area contributed by atoms with Gasteiger partial charge in [0.1, 0.15) is 17.4 Å². The van der Waals surface area contributed by atoms with Crippen molar-refractivity contribution in [2.75, 3.05) is 25.1 Å². The SMILES string of the molecule is COc1ccc(N(C(=O)c2ccccc2)C2CCN(Cc3ccc(F)cc3F)CC2)cc1. The van der Waals surface area contributed by atoms with Crippen molar-refractivity contribution in [2.24, 2.45) is 0 Å². The zero-order valence-corrected chi connectivity index (χ0v) is 18.0. The molecule has 0 unspecified atom stereocenters. The van der Waals surface area contributed by atoms with E-state index in [2.05, 4.69) is 4.90 Å². The van der Waals surface area contributed by atoms with Gasteiger partial charge in [0.2, 0.25) is 0 Å². The van der Waals surface area contributed by atoms with Gasteiger partial charge >= 0.3 is 0 Å². The van der Waals surface area contributed by atoms with Gasteiger partial charge in [0, 0.05) is 48.6 Å². The van der Waals surface area contributed by atoms with Crippen molar-refractivity contribution >= 4 is 11.6 Å². The predicted molar refractivity (Wildman–Crippen MR) is 121 cm³/mol. The van der Waals surface area contributed by atoms with Crippen molar-refractivity contribution in [1.29, 1.82) is 0 Å². The summed E-state index contributed by atoms with van der Waals surface area (Å²) in [5.74, 6) is -0.401. The van der Waals surface area contributed by atoms with Crippen LogP contribution in [0, 0.1) is 11.6 Å². The standard InChI is InChI=1S/C26H26F2N2O2/c1-32-24-11-9-22(10-12-24)30(26(31)19-5-3-2-4-6-19)23-13-15-29(16-14-23)18-20-7-8-21(27)17-25(20)28/h2-12,17,23H,13-16,18H2,1H3. The van der Waals surface area contributed by atoms with E-state index in [0.29, 0.717) is 17.7 Å². The van der Waals surface area contributed by atoms with E-state index in [0.717, 1.165) is 43.4 Å². The van der Waals surface area contributed by atoms with Gasteiger partial charge in [-0.2, -0.15) is 0 Å². The molecule has 0 N–H and O–H groups in total. The first kappa shape index (κ1) is 22.0. The largest absolute Gasteiger partial charge is 0.497 e. The van der Waals surface area contributed by atoms with Crippen molar-refractivity contribution in [3.8, 4) is 5.75 Å². The average molecular weight is 437 g/mol. The number of nitrogens with zero attached hydrogens (tertiary/aromatic N) is 2. The summed E-state index contributed by atoms with van der Waals surface area (Å²) >= 11 is 0. The molecule has 0 bridgehead atoms. The quantitative estimate of drug-likeness (QED) is 0.527. The molecule has 166 valence electrons. The minimum atomic E-state index is -0.570. The number of likely N-dealkylation sites (tertiary alicyclic amines) is 1. The summed E-state index contributed by atoms with van der Waals surface area (Å²) in [5, 5.41) is 0. The zero-order valence-electron chi connectivity index (χ0n) is 18.0. The highest BCUT2D eigenvalue weighted by atomic mass is 19.1. The van der Waals surface area contributed by atoms with Crippen LogP contribution in [0.15, 0.2) is 72.8 Å². The maximum absolute atomic E-state index is 14.1. The first-order valence-electron chi connectivity index (χ1n) is 10.7.